The molecule has 0 saturated carbocycles. The number of benzene rings is 2. The Labute approximate surface area is 173 Å². The van der Waals surface area contributed by atoms with Crippen LogP contribution in [0.3, 0.4) is 0 Å². The van der Waals surface area contributed by atoms with Gasteiger partial charge in [0.2, 0.25) is 0 Å². The molecule has 2 bridgehead atoms. The molecule has 2 aliphatic heterocycles. The largest absolute Gasteiger partial charge is 0.324 e. The summed E-state index contributed by atoms with van der Waals surface area (Å²) < 4.78 is 15.4. The van der Waals surface area contributed by atoms with Crippen LogP contribution in [-0.4, -0.2) is 28.6 Å². The zero-order valence-corrected chi connectivity index (χ0v) is 16.4. The lowest BCUT2D eigenvalue weighted by Gasteiger charge is -2.43. The van der Waals surface area contributed by atoms with Gasteiger partial charge in [0.05, 0.1) is 0 Å². The van der Waals surface area contributed by atoms with Crippen molar-refractivity contribution in [2.24, 2.45) is 5.92 Å². The number of halogens is 1. The first kappa shape index (κ1) is 18.6. The molecule has 30 heavy (non-hydrogen) atoms. The van der Waals surface area contributed by atoms with E-state index in [0.717, 1.165) is 23.2 Å². The van der Waals surface area contributed by atoms with E-state index in [1.54, 1.807) is 23.1 Å². The van der Waals surface area contributed by atoms with E-state index in [1.165, 1.54) is 12.1 Å². The van der Waals surface area contributed by atoms with Gasteiger partial charge in [0, 0.05) is 48.6 Å². The van der Waals surface area contributed by atoms with Crippen LogP contribution in [0.25, 0.3) is 11.1 Å². The van der Waals surface area contributed by atoms with Gasteiger partial charge in [-0.15, -0.1) is 0 Å². The zero-order valence-electron chi connectivity index (χ0n) is 16.4. The fourth-order valence-corrected chi connectivity index (χ4v) is 4.81. The molecule has 3 heterocycles. The maximum atomic E-state index is 13.5. The average molecular weight is 403 g/mol. The molecule has 0 spiro atoms. The Balaban J connectivity index is 1.46. The normalized spacial score (nSPS) is 19.8. The van der Waals surface area contributed by atoms with Gasteiger partial charge in [0.25, 0.3) is 5.56 Å². The van der Waals surface area contributed by atoms with Gasteiger partial charge >= 0.3 is 6.03 Å². The first-order chi connectivity index (χ1) is 14.6. The molecule has 6 heteroatoms. The summed E-state index contributed by atoms with van der Waals surface area (Å²) in [6, 6.07) is 19.3. The number of nitrogens with zero attached hydrogens (tertiary/aromatic N) is 2. The van der Waals surface area contributed by atoms with E-state index in [9.17, 15) is 14.0 Å². The second-order valence-electron chi connectivity index (χ2n) is 8.09. The fourth-order valence-electron chi connectivity index (χ4n) is 4.81. The molecule has 152 valence electrons. The van der Waals surface area contributed by atoms with E-state index in [-0.39, 0.29) is 29.2 Å². The molecule has 1 fully saturated rings. The summed E-state index contributed by atoms with van der Waals surface area (Å²) >= 11 is 0. The molecule has 5 nitrogen and oxygen atoms in total. The van der Waals surface area contributed by atoms with Crippen molar-refractivity contribution in [2.45, 2.75) is 18.9 Å². The van der Waals surface area contributed by atoms with Crippen LogP contribution >= 0.6 is 0 Å². The summed E-state index contributed by atoms with van der Waals surface area (Å²) in [5, 5.41) is 2.80. The van der Waals surface area contributed by atoms with Gasteiger partial charge in [-0.2, -0.15) is 0 Å². The number of piperidine rings is 1. The Morgan fingerprint density at radius 2 is 1.80 bits per heavy atom. The maximum Gasteiger partial charge on any atom is 0.321 e. The average Bonchev–Trinajstić information content (AvgIpc) is 2.75. The van der Waals surface area contributed by atoms with E-state index < -0.39 is 0 Å². The number of likely N-dealkylation sites (tertiary alicyclic amines) is 1. The van der Waals surface area contributed by atoms with Crippen LogP contribution in [0.1, 0.15) is 18.0 Å². The monoisotopic (exact) mass is 403 g/mol. The number of carbonyl (C=O) groups excluding carboxylic acids is 1. The van der Waals surface area contributed by atoms with Gasteiger partial charge in [-0.05, 0) is 42.2 Å². The minimum atomic E-state index is -0.385. The first-order valence-corrected chi connectivity index (χ1v) is 10.2. The number of nitrogens with one attached hydrogen (secondary N) is 1. The van der Waals surface area contributed by atoms with Crippen molar-refractivity contribution in [2.75, 3.05) is 18.4 Å². The summed E-state index contributed by atoms with van der Waals surface area (Å²) in [5.41, 5.74) is 3.58. The van der Waals surface area contributed by atoms with Gasteiger partial charge in [0.15, 0.2) is 0 Å². The lowest BCUT2D eigenvalue weighted by molar-refractivity contribution is 0.140. The second kappa shape index (κ2) is 7.44. The molecule has 2 aliphatic rings. The number of fused-ring (bicyclic) bond motifs is 4. The predicted molar refractivity (Wildman–Crippen MR) is 114 cm³/mol. The smallest absolute Gasteiger partial charge is 0.321 e. The van der Waals surface area contributed by atoms with Crippen molar-refractivity contribution in [1.82, 2.24) is 9.47 Å². The van der Waals surface area contributed by atoms with Crippen LogP contribution in [0.2, 0.25) is 0 Å². The van der Waals surface area contributed by atoms with E-state index >= 15 is 0 Å². The highest BCUT2D eigenvalue weighted by molar-refractivity contribution is 5.89. The van der Waals surface area contributed by atoms with Gasteiger partial charge in [0.1, 0.15) is 5.82 Å². The molecule has 1 saturated heterocycles. The Kier molecular flexibility index (Phi) is 4.62. The first-order valence-electron chi connectivity index (χ1n) is 10.2. The quantitative estimate of drug-likeness (QED) is 0.693. The number of hydrogen-bond acceptors (Lipinski definition) is 2. The minimum Gasteiger partial charge on any atom is -0.324 e. The van der Waals surface area contributed by atoms with Crippen molar-refractivity contribution in [3.63, 3.8) is 0 Å². The van der Waals surface area contributed by atoms with Crippen LogP contribution in [0.15, 0.2) is 71.5 Å². The summed E-state index contributed by atoms with van der Waals surface area (Å²) in [4.78, 5) is 27.3. The number of rotatable bonds is 2. The Bertz CT molecular complexity index is 1160. The Hall–Kier alpha value is -3.41. The highest BCUT2D eigenvalue weighted by atomic mass is 19.1. The van der Waals surface area contributed by atoms with Gasteiger partial charge in [-0.1, -0.05) is 36.4 Å². The minimum absolute atomic E-state index is 0.0112. The molecule has 2 atom stereocenters. The van der Waals surface area contributed by atoms with Crippen molar-refractivity contribution >= 4 is 11.7 Å². The molecule has 2 amide bonds. The molecule has 1 aromatic heterocycles. The number of anilines is 1. The van der Waals surface area contributed by atoms with Crippen LogP contribution in [-0.2, 0) is 6.54 Å². The van der Waals surface area contributed by atoms with Crippen LogP contribution in [0.4, 0.5) is 14.9 Å². The Morgan fingerprint density at radius 1 is 0.967 bits per heavy atom. The number of hydrogen-bond donors (Lipinski definition) is 1. The molecule has 1 N–H and O–H groups in total. The summed E-state index contributed by atoms with van der Waals surface area (Å²) in [5.74, 6) is -0.0813. The fraction of sp³-hybridized carbons (Fsp3) is 0.250. The predicted octanol–water partition coefficient (Wildman–Crippen LogP) is 4.31. The van der Waals surface area contributed by atoms with Crippen LogP contribution in [0.5, 0.6) is 0 Å². The number of urea groups is 1. The zero-order chi connectivity index (χ0) is 20.7. The highest BCUT2D eigenvalue weighted by Gasteiger charge is 2.37. The molecule has 0 aliphatic carbocycles. The number of pyridine rings is 1. The lowest BCUT2D eigenvalue weighted by Crippen LogP contribution is -2.50. The molecule has 0 unspecified atom stereocenters. The van der Waals surface area contributed by atoms with Crippen LogP contribution in [0, 0.1) is 11.7 Å². The number of carbonyl (C=O) groups is 1. The van der Waals surface area contributed by atoms with E-state index in [4.69, 9.17) is 0 Å². The van der Waals surface area contributed by atoms with Gasteiger partial charge < -0.3 is 14.8 Å². The molecule has 2 aromatic carbocycles. The number of amides is 2. The summed E-state index contributed by atoms with van der Waals surface area (Å²) in [6.07, 6.45) is 0.951. The van der Waals surface area contributed by atoms with Crippen molar-refractivity contribution in [1.29, 1.82) is 0 Å². The topological polar surface area (TPSA) is 54.3 Å². The molecular formula is C24H22FN3O2. The molecule has 5 rings (SSSR count). The maximum absolute atomic E-state index is 13.5. The summed E-state index contributed by atoms with van der Waals surface area (Å²) in [7, 11) is 0. The Morgan fingerprint density at radius 3 is 2.60 bits per heavy atom. The molecule has 3 aromatic rings. The standard InChI is InChI=1S/C24H22FN3O2/c25-19-7-4-8-20(12-19)26-24(30)27-13-16-11-18(15-27)23-21(17-5-2-1-3-6-17)9-10-22(29)28(23)14-16/h1-10,12,16,18H,11,13-15H2,(H,26,30)/t16-,18-/m0/s1. The van der Waals surface area contributed by atoms with Gasteiger partial charge in [-0.25, -0.2) is 9.18 Å². The third-order valence-corrected chi connectivity index (χ3v) is 6.04. The van der Waals surface area contributed by atoms with Gasteiger partial charge in [-0.3, -0.25) is 4.79 Å². The van der Waals surface area contributed by atoms with Crippen molar-refractivity contribution in [3.05, 3.63) is 88.6 Å². The third-order valence-electron chi connectivity index (χ3n) is 6.04. The number of aromatic nitrogens is 1. The van der Waals surface area contributed by atoms with E-state index in [0.29, 0.717) is 25.3 Å². The lowest BCUT2D eigenvalue weighted by atomic mass is 9.80. The molecule has 0 radical (unpaired) electrons. The SMILES string of the molecule is O=C(Nc1cccc(F)c1)N1C[C@@H]2C[C@@H](C1)c1c(-c3ccccc3)ccc(=O)n1C2. The van der Waals surface area contributed by atoms with E-state index in [1.807, 2.05) is 41.0 Å². The van der Waals surface area contributed by atoms with E-state index in [2.05, 4.69) is 5.32 Å². The second-order valence-corrected chi connectivity index (χ2v) is 8.09. The summed E-state index contributed by atoms with van der Waals surface area (Å²) in [6.45, 7) is 1.72. The van der Waals surface area contributed by atoms with Crippen LogP contribution < -0.4 is 10.9 Å². The third kappa shape index (κ3) is 3.38. The highest BCUT2D eigenvalue weighted by Crippen LogP contribution is 2.39. The van der Waals surface area contributed by atoms with Crippen molar-refractivity contribution < 1.29 is 9.18 Å². The van der Waals surface area contributed by atoms with Crippen molar-refractivity contribution in [3.8, 4) is 11.1 Å². The molecular weight excluding hydrogens is 381 g/mol.